The van der Waals surface area contributed by atoms with Crippen LogP contribution in [0, 0.1) is 0 Å². The van der Waals surface area contributed by atoms with E-state index in [1.165, 1.54) is 0 Å². The lowest BCUT2D eigenvalue weighted by Crippen LogP contribution is -2.21. The number of rotatable bonds is 21. The highest BCUT2D eigenvalue weighted by Gasteiger charge is 2.30. The van der Waals surface area contributed by atoms with Crippen LogP contribution >= 0.6 is 92.8 Å². The predicted octanol–water partition coefficient (Wildman–Crippen LogP) is 18.0. The first-order valence-corrected chi connectivity index (χ1v) is 23.0. The third-order valence-electron chi connectivity index (χ3n) is 10.7. The van der Waals surface area contributed by atoms with E-state index < -0.39 is 10.8 Å². The first kappa shape index (κ1) is 50.5. The van der Waals surface area contributed by atoms with Crippen molar-refractivity contribution in [2.45, 2.75) is 129 Å². The van der Waals surface area contributed by atoms with Crippen LogP contribution in [0.4, 0.5) is 0 Å². The second-order valence-corrected chi connectivity index (χ2v) is 19.6. The normalized spacial score (nSPS) is 13.9. The monoisotopic (exact) mass is 974 g/mol. The molecule has 0 heterocycles. The van der Waals surface area contributed by atoms with Gasteiger partial charge in [0.05, 0.1) is 64.6 Å². The fourth-order valence-electron chi connectivity index (χ4n) is 6.68. The highest BCUT2D eigenvalue weighted by molar-refractivity contribution is 6.39. The summed E-state index contributed by atoms with van der Waals surface area (Å²) in [6, 6.07) is 14.9. The molecule has 0 aliphatic heterocycles. The summed E-state index contributed by atoms with van der Waals surface area (Å²) in [5.41, 5.74) is 2.36. The van der Waals surface area contributed by atoms with Gasteiger partial charge in [-0.15, -0.1) is 13.2 Å². The van der Waals surface area contributed by atoms with Crippen molar-refractivity contribution in [2.75, 3.05) is 0 Å². The van der Waals surface area contributed by atoms with Gasteiger partial charge in [0, 0.05) is 10.8 Å². The Labute approximate surface area is 397 Å². The molecule has 0 bridgehead atoms. The molecule has 0 radical (unpaired) electrons. The molecule has 0 aliphatic carbocycles. The van der Waals surface area contributed by atoms with Crippen molar-refractivity contribution in [3.8, 4) is 23.0 Å². The maximum Gasteiger partial charge on any atom is 0.156 e. The Bertz CT molecular complexity index is 1910. The SMILES string of the molecule is C=CCCC(C)Oc1c(Cl)cc(C(C)(C)c2cc(Cl)c(OC(C)CCC(C)Oc3c(Cl)cc(C(C)(C)c4cc(Cl)c(OC(C)CCC=C)c(Cl)c4)cc3Cl)c(Cl)c2)cc1Cl. The quantitative estimate of drug-likeness (QED) is 0.0780. The van der Waals surface area contributed by atoms with Crippen LogP contribution in [-0.2, 0) is 10.8 Å². The first-order valence-electron chi connectivity index (χ1n) is 20.0. The highest BCUT2D eigenvalue weighted by Crippen LogP contribution is 2.46. The lowest BCUT2D eigenvalue weighted by atomic mass is 9.78. The number of halogens is 8. The molecule has 326 valence electrons. The Morgan fingerprint density at radius 2 is 0.583 bits per heavy atom. The standard InChI is InChI=1S/C48H54Cl8O4/c1-11-13-15-27(3)57-43-35(49)19-31(20-36(43)50)47(7,8)33-23-39(53)45(40(54)24-33)59-29(5)17-18-30(6)60-46-41(55)25-34(26-42(46)56)48(9,10)32-21-37(51)44(38(52)22-32)58-28(4)16-14-12-2/h11-12,19-30H,1-2,13-18H2,3-10H3. The zero-order valence-electron chi connectivity index (χ0n) is 35.4. The summed E-state index contributed by atoms with van der Waals surface area (Å²) < 4.78 is 24.7. The molecule has 4 aromatic carbocycles. The molecule has 4 unspecified atom stereocenters. The summed E-state index contributed by atoms with van der Waals surface area (Å²) in [6.07, 6.45) is 7.59. The van der Waals surface area contributed by atoms with E-state index >= 15 is 0 Å². The molecule has 12 heteroatoms. The van der Waals surface area contributed by atoms with Crippen LogP contribution in [0.25, 0.3) is 0 Å². The third kappa shape index (κ3) is 12.8. The Morgan fingerprint density at radius 3 is 0.767 bits per heavy atom. The molecule has 0 spiro atoms. The van der Waals surface area contributed by atoms with Crippen molar-refractivity contribution in [1.82, 2.24) is 0 Å². The molecule has 0 saturated heterocycles. The smallest absolute Gasteiger partial charge is 0.156 e. The van der Waals surface area contributed by atoms with Crippen molar-refractivity contribution < 1.29 is 18.9 Å². The van der Waals surface area contributed by atoms with E-state index in [1.54, 1.807) is 0 Å². The highest BCUT2D eigenvalue weighted by atomic mass is 35.5. The van der Waals surface area contributed by atoms with Crippen LogP contribution in [-0.4, -0.2) is 24.4 Å². The number of ether oxygens (including phenoxy) is 4. The van der Waals surface area contributed by atoms with Crippen LogP contribution in [0.2, 0.25) is 40.2 Å². The second kappa shape index (κ2) is 22.0. The fraction of sp³-hybridized carbons (Fsp3) is 0.417. The van der Waals surface area contributed by atoms with Crippen molar-refractivity contribution in [3.63, 3.8) is 0 Å². The molecule has 0 amide bonds. The largest absolute Gasteiger partial charge is 0.488 e. The molecular formula is C48H54Cl8O4. The van der Waals surface area contributed by atoms with Crippen molar-refractivity contribution in [2.24, 2.45) is 0 Å². The molecule has 0 N–H and O–H groups in total. The van der Waals surface area contributed by atoms with Gasteiger partial charge in [-0.3, -0.25) is 0 Å². The number of hydrogen-bond donors (Lipinski definition) is 0. The summed E-state index contributed by atoms with van der Waals surface area (Å²) in [6.45, 7) is 23.6. The predicted molar refractivity (Wildman–Crippen MR) is 259 cm³/mol. The number of hydrogen-bond acceptors (Lipinski definition) is 4. The Kier molecular flexibility index (Phi) is 18.5. The molecule has 4 atom stereocenters. The second-order valence-electron chi connectivity index (χ2n) is 16.3. The van der Waals surface area contributed by atoms with E-state index in [0.717, 1.165) is 47.9 Å². The average molecular weight is 979 g/mol. The van der Waals surface area contributed by atoms with E-state index in [-0.39, 0.29) is 24.4 Å². The maximum absolute atomic E-state index is 6.84. The van der Waals surface area contributed by atoms with Gasteiger partial charge < -0.3 is 18.9 Å². The van der Waals surface area contributed by atoms with E-state index in [9.17, 15) is 0 Å². The van der Waals surface area contributed by atoms with Gasteiger partial charge in [-0.05, 0) is 137 Å². The lowest BCUT2D eigenvalue weighted by molar-refractivity contribution is 0.161. The van der Waals surface area contributed by atoms with Crippen molar-refractivity contribution in [1.29, 1.82) is 0 Å². The van der Waals surface area contributed by atoms with Crippen molar-refractivity contribution in [3.05, 3.63) is 136 Å². The summed E-state index contributed by atoms with van der Waals surface area (Å²) in [7, 11) is 0. The summed E-state index contributed by atoms with van der Waals surface area (Å²) in [5, 5.41) is 3.26. The number of allylic oxidation sites excluding steroid dienone is 2. The Balaban J connectivity index is 1.41. The van der Waals surface area contributed by atoms with Gasteiger partial charge in [0.2, 0.25) is 0 Å². The molecule has 4 rings (SSSR count). The van der Waals surface area contributed by atoms with E-state index in [2.05, 4.69) is 40.9 Å². The van der Waals surface area contributed by atoms with Gasteiger partial charge in [0.15, 0.2) is 23.0 Å². The van der Waals surface area contributed by atoms with Crippen LogP contribution in [0.1, 0.15) is 116 Å². The van der Waals surface area contributed by atoms with Crippen LogP contribution in [0.15, 0.2) is 73.8 Å². The van der Waals surface area contributed by atoms with Crippen LogP contribution in [0.3, 0.4) is 0 Å². The van der Waals surface area contributed by atoms with E-state index in [0.29, 0.717) is 76.0 Å². The fourth-order valence-corrected chi connectivity index (χ4v) is 8.99. The van der Waals surface area contributed by atoms with Gasteiger partial charge >= 0.3 is 0 Å². The van der Waals surface area contributed by atoms with Gasteiger partial charge in [0.1, 0.15) is 0 Å². The minimum Gasteiger partial charge on any atom is -0.488 e. The molecule has 4 aromatic rings. The van der Waals surface area contributed by atoms with Gasteiger partial charge in [0.25, 0.3) is 0 Å². The molecular weight excluding hydrogens is 924 g/mol. The van der Waals surface area contributed by atoms with E-state index in [4.69, 9.17) is 112 Å². The summed E-state index contributed by atoms with van der Waals surface area (Å²) in [4.78, 5) is 0. The minimum absolute atomic E-state index is 0.0754. The van der Waals surface area contributed by atoms with Gasteiger partial charge in [-0.1, -0.05) is 133 Å². The first-order chi connectivity index (χ1) is 28.1. The molecule has 0 aromatic heterocycles. The van der Waals surface area contributed by atoms with Gasteiger partial charge in [-0.2, -0.15) is 0 Å². The zero-order chi connectivity index (χ0) is 44.7. The maximum atomic E-state index is 6.84. The molecule has 60 heavy (non-hydrogen) atoms. The van der Waals surface area contributed by atoms with Crippen LogP contribution < -0.4 is 18.9 Å². The molecule has 0 fully saturated rings. The van der Waals surface area contributed by atoms with Crippen molar-refractivity contribution >= 4 is 92.8 Å². The molecule has 0 aliphatic rings. The Morgan fingerprint density at radius 1 is 0.400 bits per heavy atom. The molecule has 0 saturated carbocycles. The van der Waals surface area contributed by atoms with E-state index in [1.807, 2.05) is 88.4 Å². The number of benzene rings is 4. The lowest BCUT2D eigenvalue weighted by Gasteiger charge is -2.29. The third-order valence-corrected chi connectivity index (χ3v) is 12.9. The average Bonchev–Trinajstić information content (AvgIpc) is 3.17. The zero-order valence-corrected chi connectivity index (χ0v) is 41.4. The Hall–Kier alpha value is -2.12. The van der Waals surface area contributed by atoms with Gasteiger partial charge in [-0.25, -0.2) is 0 Å². The van der Waals surface area contributed by atoms with Crippen LogP contribution in [0.5, 0.6) is 23.0 Å². The summed E-state index contributed by atoms with van der Waals surface area (Å²) in [5.74, 6) is 1.72. The minimum atomic E-state index is -0.562. The summed E-state index contributed by atoms with van der Waals surface area (Å²) >= 11 is 54.2. The molecule has 4 nitrogen and oxygen atoms in total. The topological polar surface area (TPSA) is 36.9 Å².